The number of halogens is 3. The van der Waals surface area contributed by atoms with Gasteiger partial charge in [-0.3, -0.25) is 5.32 Å². The molecular weight excluding hydrogens is 357 g/mol. The third-order valence-corrected chi connectivity index (χ3v) is 4.35. The molecule has 2 rings (SSSR count). The summed E-state index contributed by atoms with van der Waals surface area (Å²) in [6.07, 6.45) is -4.39. The van der Waals surface area contributed by atoms with Gasteiger partial charge in [0, 0.05) is 13.0 Å². The second kappa shape index (κ2) is 9.21. The first-order valence-electron chi connectivity index (χ1n) is 8.76. The highest BCUT2D eigenvalue weighted by molar-refractivity contribution is 5.29. The molecule has 0 spiro atoms. The molecular formula is C20H25F3N2O2. The molecule has 0 bridgehead atoms. The Balaban J connectivity index is 1.99. The first-order valence-corrected chi connectivity index (χ1v) is 8.76. The summed E-state index contributed by atoms with van der Waals surface area (Å²) in [7, 11) is 0. The van der Waals surface area contributed by atoms with Gasteiger partial charge < -0.3 is 15.6 Å². The molecule has 0 radical (unpaired) electrons. The number of aliphatic hydroxyl groups is 1. The molecule has 0 aromatic heterocycles. The second-order valence-electron chi connectivity index (χ2n) is 6.57. The number of aliphatic hydroxyl groups excluding tert-OH is 1. The Bertz CT molecular complexity index is 693. The Morgan fingerprint density at radius 2 is 1.70 bits per heavy atom. The predicted molar refractivity (Wildman–Crippen MR) is 98.3 cm³/mol. The summed E-state index contributed by atoms with van der Waals surface area (Å²) in [4.78, 5) is 0. The van der Waals surface area contributed by atoms with Crippen LogP contribution in [0.2, 0.25) is 0 Å². The molecule has 4 nitrogen and oxygen atoms in total. The largest absolute Gasteiger partial charge is 0.483 e. The van der Waals surface area contributed by atoms with E-state index in [0.717, 1.165) is 24.1 Å². The van der Waals surface area contributed by atoms with Gasteiger partial charge in [-0.2, -0.15) is 13.2 Å². The van der Waals surface area contributed by atoms with Crippen molar-refractivity contribution in [2.45, 2.75) is 37.8 Å². The quantitative estimate of drug-likeness (QED) is 0.582. The van der Waals surface area contributed by atoms with Crippen LogP contribution in [-0.2, 0) is 12.6 Å². The van der Waals surface area contributed by atoms with Crippen molar-refractivity contribution in [3.63, 3.8) is 0 Å². The third kappa shape index (κ3) is 6.23. The van der Waals surface area contributed by atoms with Crippen molar-refractivity contribution in [2.75, 3.05) is 13.1 Å². The van der Waals surface area contributed by atoms with Crippen LogP contribution in [0.4, 0.5) is 13.2 Å². The number of hydrogen-bond acceptors (Lipinski definition) is 4. The maximum absolute atomic E-state index is 12.7. The lowest BCUT2D eigenvalue weighted by Gasteiger charge is -2.35. The van der Waals surface area contributed by atoms with Gasteiger partial charge in [0.25, 0.3) is 0 Å². The minimum atomic E-state index is -4.41. The summed E-state index contributed by atoms with van der Waals surface area (Å²) in [6.45, 7) is 2.45. The molecule has 2 unspecified atom stereocenters. The summed E-state index contributed by atoms with van der Waals surface area (Å²) in [5.74, 6) is 0.239. The monoisotopic (exact) mass is 382 g/mol. The van der Waals surface area contributed by atoms with Crippen LogP contribution in [0.25, 0.3) is 0 Å². The van der Waals surface area contributed by atoms with Gasteiger partial charge in [-0.15, -0.1) is 0 Å². The number of rotatable bonds is 9. The van der Waals surface area contributed by atoms with Crippen molar-refractivity contribution in [3.05, 3.63) is 65.7 Å². The zero-order chi connectivity index (χ0) is 19.9. The van der Waals surface area contributed by atoms with Gasteiger partial charge in [0.2, 0.25) is 0 Å². The predicted octanol–water partition coefficient (Wildman–Crippen LogP) is 3.34. The Kier molecular flexibility index (Phi) is 7.24. The van der Waals surface area contributed by atoms with Crippen LogP contribution in [0.15, 0.2) is 54.6 Å². The molecule has 0 fully saturated rings. The van der Waals surface area contributed by atoms with E-state index in [1.807, 2.05) is 30.3 Å². The molecule has 0 amide bonds. The van der Waals surface area contributed by atoms with Gasteiger partial charge in [0.1, 0.15) is 17.6 Å². The van der Waals surface area contributed by atoms with Crippen molar-refractivity contribution >= 4 is 0 Å². The highest BCUT2D eigenvalue weighted by Gasteiger charge is 2.35. The SMILES string of the molecule is CC(CCN)(Oc1ccc(C(F)(F)F)cc1)C(O)NCCc1ccccc1. The van der Waals surface area contributed by atoms with Crippen LogP contribution >= 0.6 is 0 Å². The number of nitrogens with one attached hydrogen (secondary N) is 1. The van der Waals surface area contributed by atoms with E-state index in [1.54, 1.807) is 6.92 Å². The fourth-order valence-electron chi connectivity index (χ4n) is 2.73. The Morgan fingerprint density at radius 3 is 2.26 bits per heavy atom. The maximum Gasteiger partial charge on any atom is 0.416 e. The molecule has 0 heterocycles. The standard InChI is InChI=1S/C20H25F3N2O2/c1-19(12-13-24,18(26)25-14-11-15-5-3-2-4-6-15)27-17-9-7-16(8-10-17)20(21,22)23/h2-10,18,25-26H,11-14,24H2,1H3. The second-order valence-corrected chi connectivity index (χ2v) is 6.57. The fourth-order valence-corrected chi connectivity index (χ4v) is 2.73. The first-order chi connectivity index (χ1) is 12.7. The Hall–Kier alpha value is -2.09. The van der Waals surface area contributed by atoms with Crippen LogP contribution in [-0.4, -0.2) is 30.0 Å². The molecule has 148 valence electrons. The van der Waals surface area contributed by atoms with Crippen LogP contribution in [0.5, 0.6) is 5.75 Å². The van der Waals surface area contributed by atoms with Gasteiger partial charge in [-0.1, -0.05) is 30.3 Å². The molecule has 4 N–H and O–H groups in total. The fraction of sp³-hybridized carbons (Fsp3) is 0.400. The highest BCUT2D eigenvalue weighted by Crippen LogP contribution is 2.31. The van der Waals surface area contributed by atoms with E-state index < -0.39 is 23.6 Å². The number of hydrogen-bond donors (Lipinski definition) is 3. The number of ether oxygens (including phenoxy) is 1. The van der Waals surface area contributed by atoms with E-state index in [2.05, 4.69) is 5.32 Å². The van der Waals surface area contributed by atoms with Gasteiger partial charge in [0.15, 0.2) is 0 Å². The summed E-state index contributed by atoms with van der Waals surface area (Å²) >= 11 is 0. The van der Waals surface area contributed by atoms with Gasteiger partial charge in [0.05, 0.1) is 5.56 Å². The van der Waals surface area contributed by atoms with Crippen molar-refractivity contribution < 1.29 is 23.0 Å². The van der Waals surface area contributed by atoms with Crippen molar-refractivity contribution in [1.29, 1.82) is 0 Å². The van der Waals surface area contributed by atoms with E-state index in [0.29, 0.717) is 13.0 Å². The molecule has 0 saturated carbocycles. The molecule has 0 saturated heterocycles. The lowest BCUT2D eigenvalue weighted by molar-refractivity contribution is -0.137. The Labute approximate surface area is 157 Å². The molecule has 2 atom stereocenters. The third-order valence-electron chi connectivity index (χ3n) is 4.35. The lowest BCUT2D eigenvalue weighted by Crippen LogP contribution is -2.54. The minimum absolute atomic E-state index is 0.239. The van der Waals surface area contributed by atoms with E-state index in [1.165, 1.54) is 12.1 Å². The minimum Gasteiger partial charge on any atom is -0.483 e. The molecule has 2 aromatic rings. The number of alkyl halides is 3. The van der Waals surface area contributed by atoms with Crippen LogP contribution in [0.3, 0.4) is 0 Å². The number of nitrogens with two attached hydrogens (primary N) is 1. The highest BCUT2D eigenvalue weighted by atomic mass is 19.4. The van der Waals surface area contributed by atoms with Crippen molar-refractivity contribution in [1.82, 2.24) is 5.32 Å². The molecule has 27 heavy (non-hydrogen) atoms. The summed E-state index contributed by atoms with van der Waals surface area (Å²) in [6, 6.07) is 14.2. The average Bonchev–Trinajstić information content (AvgIpc) is 2.62. The van der Waals surface area contributed by atoms with E-state index in [9.17, 15) is 18.3 Å². The summed E-state index contributed by atoms with van der Waals surface area (Å²) in [5.41, 5.74) is 4.93. The molecule has 0 aliphatic carbocycles. The molecule has 0 aliphatic rings. The lowest BCUT2D eigenvalue weighted by atomic mass is 9.99. The maximum atomic E-state index is 12.7. The average molecular weight is 382 g/mol. The van der Waals surface area contributed by atoms with E-state index >= 15 is 0 Å². The first kappa shape index (κ1) is 21.2. The molecule has 0 aliphatic heterocycles. The number of benzene rings is 2. The zero-order valence-corrected chi connectivity index (χ0v) is 15.2. The van der Waals surface area contributed by atoms with E-state index in [-0.39, 0.29) is 12.3 Å². The molecule has 2 aromatic carbocycles. The topological polar surface area (TPSA) is 67.5 Å². The smallest absolute Gasteiger partial charge is 0.416 e. The van der Waals surface area contributed by atoms with Crippen molar-refractivity contribution in [2.24, 2.45) is 5.73 Å². The summed E-state index contributed by atoms with van der Waals surface area (Å²) < 4.78 is 43.9. The van der Waals surface area contributed by atoms with Crippen LogP contribution in [0, 0.1) is 0 Å². The normalized spacial score (nSPS) is 15.2. The van der Waals surface area contributed by atoms with Gasteiger partial charge >= 0.3 is 6.18 Å². The van der Waals surface area contributed by atoms with Crippen LogP contribution < -0.4 is 15.8 Å². The van der Waals surface area contributed by atoms with Gasteiger partial charge in [-0.05, 0) is 49.7 Å². The van der Waals surface area contributed by atoms with E-state index in [4.69, 9.17) is 10.5 Å². The summed E-state index contributed by atoms with van der Waals surface area (Å²) in [5, 5.41) is 13.6. The van der Waals surface area contributed by atoms with Crippen LogP contribution in [0.1, 0.15) is 24.5 Å². The Morgan fingerprint density at radius 1 is 1.07 bits per heavy atom. The van der Waals surface area contributed by atoms with Gasteiger partial charge in [-0.25, -0.2) is 0 Å². The zero-order valence-electron chi connectivity index (χ0n) is 15.2. The molecule has 7 heteroatoms. The van der Waals surface area contributed by atoms with Crippen molar-refractivity contribution in [3.8, 4) is 5.75 Å².